The van der Waals surface area contributed by atoms with Gasteiger partial charge in [0.2, 0.25) is 5.76 Å². The number of carbonyl (C=O) groups is 1. The lowest BCUT2D eigenvalue weighted by Crippen LogP contribution is -2.03. The van der Waals surface area contributed by atoms with Gasteiger partial charge in [0.25, 0.3) is 0 Å². The highest BCUT2D eigenvalue weighted by Crippen LogP contribution is 2.25. The van der Waals surface area contributed by atoms with E-state index in [0.717, 1.165) is 0 Å². The molecule has 0 unspecified atom stereocenters. The summed E-state index contributed by atoms with van der Waals surface area (Å²) in [6.45, 7) is 2.08. The Morgan fingerprint density at radius 3 is 2.75 bits per heavy atom. The number of halogens is 2. The van der Waals surface area contributed by atoms with Crippen molar-refractivity contribution >= 4 is 37.8 Å². The van der Waals surface area contributed by atoms with E-state index in [1.807, 2.05) is 0 Å². The van der Waals surface area contributed by atoms with Crippen molar-refractivity contribution in [2.75, 3.05) is 6.61 Å². The molecule has 0 saturated carbocycles. The molecule has 0 bridgehead atoms. The molecule has 0 amide bonds. The molecule has 3 nitrogen and oxygen atoms in total. The highest BCUT2D eigenvalue weighted by molar-refractivity contribution is 9.11. The predicted octanol–water partition coefficient (Wildman–Crippen LogP) is 2.98. The van der Waals surface area contributed by atoms with Gasteiger partial charge in [0.15, 0.2) is 4.67 Å². The molecule has 0 saturated heterocycles. The molecule has 1 aromatic heterocycles. The molecule has 1 aromatic rings. The number of esters is 1. The van der Waals surface area contributed by atoms with Crippen LogP contribution in [-0.4, -0.2) is 12.6 Å². The monoisotopic (exact) mass is 296 g/mol. The van der Waals surface area contributed by atoms with Crippen LogP contribution in [0.5, 0.6) is 0 Å². The lowest BCUT2D eigenvalue weighted by molar-refractivity contribution is 0.0487. The SMILES string of the molecule is CCOC(=O)c1oc(Br)cc1Br. The van der Waals surface area contributed by atoms with Crippen LogP contribution in [-0.2, 0) is 4.74 Å². The summed E-state index contributed by atoms with van der Waals surface area (Å²) in [4.78, 5) is 11.1. The molecule has 0 fully saturated rings. The highest BCUT2D eigenvalue weighted by Gasteiger charge is 2.16. The first-order valence-electron chi connectivity index (χ1n) is 3.27. The molecule has 1 rings (SSSR count). The normalized spacial score (nSPS) is 9.92. The van der Waals surface area contributed by atoms with Gasteiger partial charge in [-0.25, -0.2) is 4.79 Å². The molecule has 0 radical (unpaired) electrons. The van der Waals surface area contributed by atoms with Crippen LogP contribution in [0.15, 0.2) is 19.6 Å². The van der Waals surface area contributed by atoms with Crippen molar-refractivity contribution in [1.82, 2.24) is 0 Å². The predicted molar refractivity (Wildman–Crippen MR) is 50.1 cm³/mol. The molecule has 0 spiro atoms. The maximum absolute atomic E-state index is 11.1. The first kappa shape index (κ1) is 9.80. The Labute approximate surface area is 86.3 Å². The summed E-state index contributed by atoms with van der Waals surface area (Å²) in [6, 6.07) is 1.65. The highest BCUT2D eigenvalue weighted by atomic mass is 79.9. The van der Waals surface area contributed by atoms with Crippen LogP contribution in [0, 0.1) is 0 Å². The average molecular weight is 298 g/mol. The summed E-state index contributed by atoms with van der Waals surface area (Å²) in [5.74, 6) is -0.279. The van der Waals surface area contributed by atoms with Crippen molar-refractivity contribution in [3.8, 4) is 0 Å². The lowest BCUT2D eigenvalue weighted by Gasteiger charge is -1.96. The Hall–Kier alpha value is -0.290. The van der Waals surface area contributed by atoms with Crippen molar-refractivity contribution in [2.45, 2.75) is 6.92 Å². The molecule has 66 valence electrons. The minimum atomic E-state index is -0.463. The Morgan fingerprint density at radius 1 is 1.67 bits per heavy atom. The molecule has 5 heteroatoms. The maximum atomic E-state index is 11.1. The van der Waals surface area contributed by atoms with E-state index < -0.39 is 5.97 Å². The van der Waals surface area contributed by atoms with Crippen molar-refractivity contribution in [3.05, 3.63) is 21.0 Å². The van der Waals surface area contributed by atoms with E-state index in [-0.39, 0.29) is 5.76 Å². The topological polar surface area (TPSA) is 39.4 Å². The van der Waals surface area contributed by atoms with Gasteiger partial charge in [-0.1, -0.05) is 0 Å². The van der Waals surface area contributed by atoms with Crippen molar-refractivity contribution in [1.29, 1.82) is 0 Å². The second kappa shape index (κ2) is 4.09. The van der Waals surface area contributed by atoms with Crippen LogP contribution in [0.25, 0.3) is 0 Å². The third-order valence-electron chi connectivity index (χ3n) is 1.12. The van der Waals surface area contributed by atoms with Gasteiger partial charge in [0.05, 0.1) is 11.1 Å². The van der Waals surface area contributed by atoms with Gasteiger partial charge in [-0.3, -0.25) is 0 Å². The molecule has 0 aliphatic rings. The van der Waals surface area contributed by atoms with E-state index in [1.54, 1.807) is 13.0 Å². The number of hydrogen-bond donors (Lipinski definition) is 0. The fourth-order valence-electron chi connectivity index (χ4n) is 0.677. The molecular formula is C7H6Br2O3. The van der Waals surface area contributed by atoms with Gasteiger partial charge in [-0.15, -0.1) is 0 Å². The van der Waals surface area contributed by atoms with Crippen LogP contribution >= 0.6 is 31.9 Å². The zero-order chi connectivity index (χ0) is 9.14. The van der Waals surface area contributed by atoms with Gasteiger partial charge in [-0.2, -0.15) is 0 Å². The molecule has 1 heterocycles. The summed E-state index contributed by atoms with van der Waals surface area (Å²) in [5, 5.41) is 0. The summed E-state index contributed by atoms with van der Waals surface area (Å²) >= 11 is 6.26. The smallest absolute Gasteiger partial charge is 0.375 e. The van der Waals surface area contributed by atoms with Crippen molar-refractivity contribution < 1.29 is 13.9 Å². The van der Waals surface area contributed by atoms with Crippen LogP contribution in [0.1, 0.15) is 17.5 Å². The standard InChI is InChI=1S/C7H6Br2O3/c1-2-11-7(10)6-4(8)3-5(9)12-6/h3H,2H2,1H3. The van der Waals surface area contributed by atoms with Crippen LogP contribution in [0.2, 0.25) is 0 Å². The Kier molecular flexibility index (Phi) is 3.34. The molecule has 0 N–H and O–H groups in total. The third-order valence-corrected chi connectivity index (χ3v) is 2.10. The van der Waals surface area contributed by atoms with E-state index in [9.17, 15) is 4.79 Å². The fraction of sp³-hybridized carbons (Fsp3) is 0.286. The van der Waals surface area contributed by atoms with Gasteiger partial charge in [-0.05, 0) is 38.8 Å². The van der Waals surface area contributed by atoms with Crippen molar-refractivity contribution in [2.24, 2.45) is 0 Å². The average Bonchev–Trinajstić information content (AvgIpc) is 2.30. The van der Waals surface area contributed by atoms with Crippen molar-refractivity contribution in [3.63, 3.8) is 0 Å². The number of carbonyl (C=O) groups excluding carboxylic acids is 1. The number of furan rings is 1. The maximum Gasteiger partial charge on any atom is 0.375 e. The first-order chi connectivity index (χ1) is 5.65. The number of rotatable bonds is 2. The Bertz CT molecular complexity index is 293. The zero-order valence-electron chi connectivity index (χ0n) is 6.27. The first-order valence-corrected chi connectivity index (χ1v) is 4.85. The molecule has 0 atom stereocenters. The largest absolute Gasteiger partial charge is 0.460 e. The van der Waals surface area contributed by atoms with Gasteiger partial charge in [0.1, 0.15) is 0 Å². The van der Waals surface area contributed by atoms with E-state index in [1.165, 1.54) is 0 Å². The Morgan fingerprint density at radius 2 is 2.33 bits per heavy atom. The quantitative estimate of drug-likeness (QED) is 0.788. The second-order valence-electron chi connectivity index (χ2n) is 1.95. The van der Waals surface area contributed by atoms with Gasteiger partial charge < -0.3 is 9.15 Å². The Balaban J connectivity index is 2.87. The van der Waals surface area contributed by atoms with Crippen LogP contribution in [0.3, 0.4) is 0 Å². The second-order valence-corrected chi connectivity index (χ2v) is 3.58. The van der Waals surface area contributed by atoms with Gasteiger partial charge >= 0.3 is 5.97 Å². The molecular weight excluding hydrogens is 292 g/mol. The molecule has 0 aliphatic heterocycles. The summed E-state index contributed by atoms with van der Waals surface area (Å²) in [7, 11) is 0. The zero-order valence-corrected chi connectivity index (χ0v) is 9.44. The van der Waals surface area contributed by atoms with Crippen LogP contribution < -0.4 is 0 Å². The van der Waals surface area contributed by atoms with E-state index in [4.69, 9.17) is 9.15 Å². The van der Waals surface area contributed by atoms with E-state index in [0.29, 0.717) is 15.7 Å². The molecule has 0 aliphatic carbocycles. The minimum Gasteiger partial charge on any atom is -0.460 e. The van der Waals surface area contributed by atoms with E-state index >= 15 is 0 Å². The number of hydrogen-bond acceptors (Lipinski definition) is 3. The summed E-state index contributed by atoms with van der Waals surface area (Å²) in [5.41, 5.74) is 0. The molecule has 12 heavy (non-hydrogen) atoms. The van der Waals surface area contributed by atoms with Crippen LogP contribution in [0.4, 0.5) is 0 Å². The molecule has 0 aromatic carbocycles. The minimum absolute atomic E-state index is 0.184. The summed E-state index contributed by atoms with van der Waals surface area (Å²) < 4.78 is 10.9. The van der Waals surface area contributed by atoms with E-state index in [2.05, 4.69) is 31.9 Å². The number of ether oxygens (including phenoxy) is 1. The fourth-order valence-corrected chi connectivity index (χ4v) is 1.83. The summed E-state index contributed by atoms with van der Waals surface area (Å²) in [6.07, 6.45) is 0. The lowest BCUT2D eigenvalue weighted by atomic mass is 10.5. The van der Waals surface area contributed by atoms with Gasteiger partial charge in [0, 0.05) is 6.07 Å². The third kappa shape index (κ3) is 2.10.